The summed E-state index contributed by atoms with van der Waals surface area (Å²) in [6.45, 7) is 4.10. The van der Waals surface area contributed by atoms with Gasteiger partial charge in [-0.1, -0.05) is 37.3 Å². The maximum Gasteiger partial charge on any atom is 0.220 e. The van der Waals surface area contributed by atoms with Gasteiger partial charge < -0.3 is 14.5 Å². The number of ether oxygens (including phenoxy) is 1. The first-order valence-corrected chi connectivity index (χ1v) is 11.1. The summed E-state index contributed by atoms with van der Waals surface area (Å²) in [6.07, 6.45) is 4.05. The van der Waals surface area contributed by atoms with Gasteiger partial charge in [0.1, 0.15) is 11.4 Å². The fourth-order valence-corrected chi connectivity index (χ4v) is 3.79. The lowest BCUT2D eigenvalue weighted by atomic mass is 10.1. The van der Waals surface area contributed by atoms with Crippen molar-refractivity contribution in [3.05, 3.63) is 78.6 Å². The highest BCUT2D eigenvalue weighted by atomic mass is 16.5. The van der Waals surface area contributed by atoms with Crippen molar-refractivity contribution in [2.24, 2.45) is 0 Å². The number of benzene rings is 2. The summed E-state index contributed by atoms with van der Waals surface area (Å²) < 4.78 is 7.43. The molecule has 4 rings (SSSR count). The minimum Gasteiger partial charge on any atom is -0.497 e. The number of fused-ring (bicyclic) bond motifs is 1. The summed E-state index contributed by atoms with van der Waals surface area (Å²) >= 11 is 0. The zero-order chi connectivity index (χ0) is 22.5. The Morgan fingerprint density at radius 1 is 1.00 bits per heavy atom. The first-order chi connectivity index (χ1) is 15.6. The summed E-state index contributed by atoms with van der Waals surface area (Å²) in [5.74, 6) is 0.868. The number of carbonyl (C=O) groups is 1. The van der Waals surface area contributed by atoms with Gasteiger partial charge in [-0.15, -0.1) is 0 Å². The van der Waals surface area contributed by atoms with Gasteiger partial charge in [-0.2, -0.15) is 0 Å². The molecule has 1 N–H and O–H groups in total. The molecule has 0 bridgehead atoms. The average Bonchev–Trinajstić information content (AvgIpc) is 3.21. The van der Waals surface area contributed by atoms with Gasteiger partial charge in [0.15, 0.2) is 0 Å². The van der Waals surface area contributed by atoms with Gasteiger partial charge in [0.05, 0.1) is 18.5 Å². The van der Waals surface area contributed by atoms with Crippen molar-refractivity contribution in [3.8, 4) is 28.1 Å². The summed E-state index contributed by atoms with van der Waals surface area (Å²) in [7, 11) is 1.66. The molecule has 2 aromatic carbocycles. The molecular weight excluding hydrogens is 398 g/mol. The first kappa shape index (κ1) is 21.6. The van der Waals surface area contributed by atoms with E-state index in [1.807, 2.05) is 55.5 Å². The highest BCUT2D eigenvalue weighted by Crippen LogP contribution is 2.29. The Hall–Kier alpha value is -3.60. The molecule has 2 heterocycles. The molecule has 0 spiro atoms. The molecule has 1 atom stereocenters. The quantitative estimate of drug-likeness (QED) is 0.403. The molecule has 164 valence electrons. The van der Waals surface area contributed by atoms with Crippen LogP contribution in [-0.2, 0) is 11.2 Å². The fourth-order valence-electron chi connectivity index (χ4n) is 3.79. The molecule has 0 aliphatic rings. The van der Waals surface area contributed by atoms with Crippen LogP contribution in [0.5, 0.6) is 5.75 Å². The van der Waals surface area contributed by atoms with Crippen LogP contribution in [0.2, 0.25) is 0 Å². The number of nitrogens with one attached hydrogen (secondary N) is 1. The second-order valence-corrected chi connectivity index (χ2v) is 8.02. The van der Waals surface area contributed by atoms with Gasteiger partial charge in [-0.05, 0) is 67.3 Å². The van der Waals surface area contributed by atoms with Crippen molar-refractivity contribution < 1.29 is 9.53 Å². The van der Waals surface area contributed by atoms with Crippen molar-refractivity contribution in [1.82, 2.24) is 14.7 Å². The van der Waals surface area contributed by atoms with Crippen LogP contribution in [0.1, 0.15) is 32.4 Å². The van der Waals surface area contributed by atoms with Crippen molar-refractivity contribution >= 4 is 11.6 Å². The van der Waals surface area contributed by atoms with E-state index in [1.165, 1.54) is 0 Å². The lowest BCUT2D eigenvalue weighted by Gasteiger charge is -2.12. The maximum absolute atomic E-state index is 12.5. The minimum absolute atomic E-state index is 0.0641. The molecular formula is C27H29N3O2. The van der Waals surface area contributed by atoms with Crippen molar-refractivity contribution in [3.63, 3.8) is 0 Å². The van der Waals surface area contributed by atoms with Crippen LogP contribution < -0.4 is 10.1 Å². The Bertz CT molecular complexity index is 1200. The normalized spacial score (nSPS) is 12.0. The van der Waals surface area contributed by atoms with E-state index >= 15 is 0 Å². The van der Waals surface area contributed by atoms with E-state index in [0.717, 1.165) is 45.9 Å². The van der Waals surface area contributed by atoms with Gasteiger partial charge in [0.2, 0.25) is 5.91 Å². The first-order valence-electron chi connectivity index (χ1n) is 11.1. The zero-order valence-corrected chi connectivity index (χ0v) is 18.8. The molecule has 0 aliphatic carbocycles. The molecule has 0 radical (unpaired) electrons. The predicted molar refractivity (Wildman–Crippen MR) is 129 cm³/mol. The summed E-state index contributed by atoms with van der Waals surface area (Å²) in [5.41, 5.74) is 6.06. The van der Waals surface area contributed by atoms with E-state index in [4.69, 9.17) is 9.72 Å². The van der Waals surface area contributed by atoms with Crippen molar-refractivity contribution in [2.45, 2.75) is 39.2 Å². The molecule has 0 fully saturated rings. The fraction of sp³-hybridized carbons (Fsp3) is 0.259. The third-order valence-electron chi connectivity index (χ3n) is 5.80. The van der Waals surface area contributed by atoms with Gasteiger partial charge in [0, 0.05) is 24.2 Å². The number of aryl methyl sites for hydroxylation is 1. The average molecular weight is 428 g/mol. The number of aromatic nitrogens is 2. The molecule has 4 aromatic rings. The third-order valence-corrected chi connectivity index (χ3v) is 5.80. The third kappa shape index (κ3) is 4.67. The Morgan fingerprint density at radius 3 is 2.41 bits per heavy atom. The second-order valence-electron chi connectivity index (χ2n) is 8.02. The van der Waals surface area contributed by atoms with Crippen LogP contribution in [0.15, 0.2) is 72.9 Å². The maximum atomic E-state index is 12.5. The topological polar surface area (TPSA) is 55.6 Å². The largest absolute Gasteiger partial charge is 0.497 e. The summed E-state index contributed by atoms with van der Waals surface area (Å²) in [4.78, 5) is 17.4. The number of hydrogen-bond donors (Lipinski definition) is 1. The zero-order valence-electron chi connectivity index (χ0n) is 18.8. The predicted octanol–water partition coefficient (Wildman–Crippen LogP) is 5.52. The van der Waals surface area contributed by atoms with E-state index in [0.29, 0.717) is 12.8 Å². The molecule has 2 aromatic heterocycles. The molecule has 32 heavy (non-hydrogen) atoms. The summed E-state index contributed by atoms with van der Waals surface area (Å²) in [6, 6.07) is 22.5. The van der Waals surface area contributed by atoms with Gasteiger partial charge in [-0.3, -0.25) is 4.79 Å². The number of rotatable bonds is 8. The molecule has 0 aliphatic heterocycles. The van der Waals surface area contributed by atoms with Crippen LogP contribution in [0, 0.1) is 0 Å². The van der Waals surface area contributed by atoms with E-state index in [1.54, 1.807) is 7.11 Å². The number of hydrogen-bond acceptors (Lipinski definition) is 3. The highest BCUT2D eigenvalue weighted by molar-refractivity contribution is 5.77. The highest BCUT2D eigenvalue weighted by Gasteiger charge is 2.17. The van der Waals surface area contributed by atoms with Crippen LogP contribution in [0.3, 0.4) is 0 Å². The van der Waals surface area contributed by atoms with Gasteiger partial charge >= 0.3 is 0 Å². The lowest BCUT2D eigenvalue weighted by Crippen LogP contribution is -2.32. The summed E-state index contributed by atoms with van der Waals surface area (Å²) in [5, 5.41) is 3.07. The van der Waals surface area contributed by atoms with E-state index in [9.17, 15) is 4.79 Å². The molecule has 0 saturated carbocycles. The number of methoxy groups -OCH3 is 1. The van der Waals surface area contributed by atoms with Crippen molar-refractivity contribution in [1.29, 1.82) is 0 Å². The SMILES string of the molecule is CCC(C)NC(=O)CCc1c(-c2ccc(OC)cc2)nc2ccc(-c3ccccc3)cn12. The van der Waals surface area contributed by atoms with Crippen molar-refractivity contribution in [2.75, 3.05) is 7.11 Å². The van der Waals surface area contributed by atoms with Crippen LogP contribution in [-0.4, -0.2) is 28.4 Å². The number of imidazole rings is 1. The molecule has 1 unspecified atom stereocenters. The smallest absolute Gasteiger partial charge is 0.220 e. The molecule has 5 heteroatoms. The van der Waals surface area contributed by atoms with Crippen LogP contribution >= 0.6 is 0 Å². The monoisotopic (exact) mass is 427 g/mol. The number of nitrogens with zero attached hydrogens (tertiary/aromatic N) is 2. The van der Waals surface area contributed by atoms with Gasteiger partial charge in [-0.25, -0.2) is 4.98 Å². The van der Waals surface area contributed by atoms with Crippen LogP contribution in [0.4, 0.5) is 0 Å². The lowest BCUT2D eigenvalue weighted by molar-refractivity contribution is -0.121. The number of amides is 1. The van der Waals surface area contributed by atoms with Gasteiger partial charge in [0.25, 0.3) is 0 Å². The van der Waals surface area contributed by atoms with Crippen LogP contribution in [0.25, 0.3) is 28.0 Å². The Balaban J connectivity index is 1.75. The van der Waals surface area contributed by atoms with E-state index in [2.05, 4.69) is 41.0 Å². The van der Waals surface area contributed by atoms with E-state index in [-0.39, 0.29) is 11.9 Å². The number of carbonyl (C=O) groups excluding carboxylic acids is 1. The number of pyridine rings is 1. The molecule has 5 nitrogen and oxygen atoms in total. The standard InChI is InChI=1S/C27H29N3O2/c1-4-19(2)28-26(31)17-15-24-27(21-10-13-23(32-3)14-11-21)29-25-16-12-22(18-30(24)25)20-8-6-5-7-9-20/h5-14,16,18-19H,4,15,17H2,1-3H3,(H,28,31). The van der Waals surface area contributed by atoms with E-state index < -0.39 is 0 Å². The Kier molecular flexibility index (Phi) is 6.55. The Labute approximate surface area is 189 Å². The Morgan fingerprint density at radius 2 is 1.72 bits per heavy atom. The minimum atomic E-state index is 0.0641. The molecule has 0 saturated heterocycles. The molecule has 1 amide bonds. The second kappa shape index (κ2) is 9.69.